The molecule has 1 aliphatic carbocycles. The number of hydrogen-bond acceptors (Lipinski definition) is 4. The van der Waals surface area contributed by atoms with Gasteiger partial charge in [-0.25, -0.2) is 13.1 Å². The van der Waals surface area contributed by atoms with Crippen LogP contribution in [-0.2, 0) is 10.0 Å². The van der Waals surface area contributed by atoms with Gasteiger partial charge in [0.25, 0.3) is 5.91 Å². The van der Waals surface area contributed by atoms with Crippen LogP contribution in [0.1, 0.15) is 41.6 Å². The summed E-state index contributed by atoms with van der Waals surface area (Å²) in [5.74, 6) is -0.528. The Morgan fingerprint density at radius 3 is 2.58 bits per heavy atom. The van der Waals surface area contributed by atoms with Gasteiger partial charge in [0.2, 0.25) is 10.0 Å². The number of aromatic hydroxyl groups is 1. The first kappa shape index (κ1) is 18.4. The molecule has 0 unspecified atom stereocenters. The van der Waals surface area contributed by atoms with Crippen LogP contribution in [-0.4, -0.2) is 25.5 Å². The van der Waals surface area contributed by atoms with Crippen LogP contribution < -0.4 is 10.0 Å². The molecule has 0 bridgehead atoms. The van der Waals surface area contributed by atoms with E-state index in [9.17, 15) is 18.3 Å². The highest BCUT2D eigenvalue weighted by Crippen LogP contribution is 2.25. The van der Waals surface area contributed by atoms with Crippen molar-refractivity contribution in [2.45, 2.75) is 43.5 Å². The lowest BCUT2D eigenvalue weighted by molar-refractivity contribution is 0.102. The van der Waals surface area contributed by atoms with Crippen molar-refractivity contribution >= 4 is 21.6 Å². The Morgan fingerprint density at radius 1 is 1.12 bits per heavy atom. The normalized spacial score (nSPS) is 15.1. The van der Waals surface area contributed by atoms with E-state index in [1.54, 1.807) is 12.1 Å². The molecule has 3 rings (SSSR count). The van der Waals surface area contributed by atoms with Crippen molar-refractivity contribution < 1.29 is 18.3 Å². The zero-order valence-electron chi connectivity index (χ0n) is 14.5. The van der Waals surface area contributed by atoms with Crippen LogP contribution in [0.15, 0.2) is 47.4 Å². The maximum absolute atomic E-state index is 12.5. The number of hydrogen-bond donors (Lipinski definition) is 3. The molecule has 7 heteroatoms. The zero-order valence-corrected chi connectivity index (χ0v) is 15.3. The first-order valence-electron chi connectivity index (χ1n) is 8.58. The van der Waals surface area contributed by atoms with Gasteiger partial charge in [0.15, 0.2) is 0 Å². The molecular formula is C19H22N2O4S. The molecule has 0 aromatic heterocycles. The van der Waals surface area contributed by atoms with E-state index in [0.717, 1.165) is 31.2 Å². The highest BCUT2D eigenvalue weighted by molar-refractivity contribution is 7.89. The molecule has 2 aromatic rings. The third-order valence-corrected chi connectivity index (χ3v) is 6.00. The van der Waals surface area contributed by atoms with Crippen molar-refractivity contribution in [3.05, 3.63) is 53.6 Å². The van der Waals surface area contributed by atoms with Crippen LogP contribution in [0.5, 0.6) is 5.75 Å². The lowest BCUT2D eigenvalue weighted by Crippen LogP contribution is -2.32. The van der Waals surface area contributed by atoms with E-state index in [0.29, 0.717) is 0 Å². The van der Waals surface area contributed by atoms with Crippen molar-refractivity contribution in [3.8, 4) is 5.75 Å². The van der Waals surface area contributed by atoms with E-state index in [1.165, 1.54) is 30.3 Å². The van der Waals surface area contributed by atoms with Crippen LogP contribution in [0, 0.1) is 6.92 Å². The monoisotopic (exact) mass is 374 g/mol. The lowest BCUT2D eigenvalue weighted by atomic mass is 10.1. The van der Waals surface area contributed by atoms with Gasteiger partial charge in [-0.3, -0.25) is 4.79 Å². The highest BCUT2D eigenvalue weighted by atomic mass is 32.2. The van der Waals surface area contributed by atoms with E-state index in [2.05, 4.69) is 10.0 Å². The van der Waals surface area contributed by atoms with Crippen LogP contribution in [0.3, 0.4) is 0 Å². The van der Waals surface area contributed by atoms with Crippen LogP contribution >= 0.6 is 0 Å². The van der Waals surface area contributed by atoms with Gasteiger partial charge < -0.3 is 10.4 Å². The SMILES string of the molecule is Cc1ccc(O)c(NC(=O)c2cccc(S(=O)(=O)NC3CCCC3)c2)c1. The Kier molecular flexibility index (Phi) is 5.29. The highest BCUT2D eigenvalue weighted by Gasteiger charge is 2.23. The second kappa shape index (κ2) is 7.47. The average molecular weight is 374 g/mol. The van der Waals surface area contributed by atoms with Gasteiger partial charge in [-0.05, 0) is 55.7 Å². The number of aryl methyl sites for hydroxylation is 1. The van der Waals surface area contributed by atoms with Gasteiger partial charge in [0, 0.05) is 11.6 Å². The van der Waals surface area contributed by atoms with Crippen molar-refractivity contribution in [2.75, 3.05) is 5.32 Å². The molecule has 138 valence electrons. The fraction of sp³-hybridized carbons (Fsp3) is 0.316. The summed E-state index contributed by atoms with van der Waals surface area (Å²) in [6.45, 7) is 1.84. The van der Waals surface area contributed by atoms with Crippen LogP contribution in [0.2, 0.25) is 0 Å². The maximum atomic E-state index is 12.5. The fourth-order valence-electron chi connectivity index (χ4n) is 3.08. The predicted molar refractivity (Wildman–Crippen MR) is 99.8 cm³/mol. The maximum Gasteiger partial charge on any atom is 0.255 e. The van der Waals surface area contributed by atoms with Crippen molar-refractivity contribution in [1.82, 2.24) is 4.72 Å². The van der Waals surface area contributed by atoms with Crippen LogP contribution in [0.4, 0.5) is 5.69 Å². The molecular weight excluding hydrogens is 352 g/mol. The Labute approximate surface area is 153 Å². The Morgan fingerprint density at radius 2 is 1.85 bits per heavy atom. The Bertz CT molecular complexity index is 919. The smallest absolute Gasteiger partial charge is 0.255 e. The number of carbonyl (C=O) groups is 1. The molecule has 26 heavy (non-hydrogen) atoms. The van der Waals surface area contributed by atoms with Crippen molar-refractivity contribution in [3.63, 3.8) is 0 Å². The molecule has 0 aliphatic heterocycles. The largest absolute Gasteiger partial charge is 0.506 e. The molecule has 6 nitrogen and oxygen atoms in total. The van der Waals surface area contributed by atoms with Crippen molar-refractivity contribution in [2.24, 2.45) is 0 Å². The van der Waals surface area contributed by atoms with Gasteiger partial charge in [-0.2, -0.15) is 0 Å². The minimum absolute atomic E-state index is 0.0401. The number of nitrogens with one attached hydrogen (secondary N) is 2. The number of phenolic OH excluding ortho intramolecular Hbond substituents is 1. The van der Waals surface area contributed by atoms with E-state index >= 15 is 0 Å². The van der Waals surface area contributed by atoms with Gasteiger partial charge in [-0.15, -0.1) is 0 Å². The summed E-state index contributed by atoms with van der Waals surface area (Å²) in [6, 6.07) is 10.7. The van der Waals surface area contributed by atoms with Gasteiger partial charge in [0.1, 0.15) is 5.75 Å². The topological polar surface area (TPSA) is 95.5 Å². The molecule has 1 fully saturated rings. The molecule has 1 saturated carbocycles. The third-order valence-electron chi connectivity index (χ3n) is 4.48. The molecule has 3 N–H and O–H groups in total. The first-order valence-corrected chi connectivity index (χ1v) is 10.1. The second-order valence-corrected chi connectivity index (χ2v) is 8.32. The number of carbonyl (C=O) groups excluding carboxylic acids is 1. The molecule has 0 radical (unpaired) electrons. The summed E-state index contributed by atoms with van der Waals surface area (Å²) in [5.41, 5.74) is 1.38. The van der Waals surface area contributed by atoms with Gasteiger partial charge in [-0.1, -0.05) is 25.0 Å². The van der Waals surface area contributed by atoms with Gasteiger partial charge >= 0.3 is 0 Å². The Balaban J connectivity index is 1.79. The molecule has 0 heterocycles. The summed E-state index contributed by atoms with van der Waals surface area (Å²) in [4.78, 5) is 12.5. The molecule has 1 amide bonds. The zero-order chi connectivity index (χ0) is 18.7. The number of amides is 1. The van der Waals surface area contributed by atoms with E-state index < -0.39 is 15.9 Å². The summed E-state index contributed by atoms with van der Waals surface area (Å²) in [5, 5.41) is 12.5. The number of anilines is 1. The summed E-state index contributed by atoms with van der Waals surface area (Å²) in [7, 11) is -3.67. The molecule has 0 atom stereocenters. The minimum Gasteiger partial charge on any atom is -0.506 e. The summed E-state index contributed by atoms with van der Waals surface area (Å²) in [6.07, 6.45) is 3.73. The summed E-state index contributed by atoms with van der Waals surface area (Å²) < 4.78 is 27.8. The second-order valence-electron chi connectivity index (χ2n) is 6.61. The standard InChI is InChI=1S/C19H22N2O4S/c1-13-9-10-18(22)17(11-13)20-19(23)14-5-4-8-16(12-14)26(24,25)21-15-6-2-3-7-15/h4-5,8-12,15,21-22H,2-3,6-7H2,1H3,(H,20,23). The fourth-order valence-corrected chi connectivity index (χ4v) is 4.43. The lowest BCUT2D eigenvalue weighted by Gasteiger charge is -2.13. The number of benzene rings is 2. The predicted octanol–water partition coefficient (Wildman–Crippen LogP) is 3.17. The summed E-state index contributed by atoms with van der Waals surface area (Å²) >= 11 is 0. The number of rotatable bonds is 5. The Hall–Kier alpha value is -2.38. The molecule has 2 aromatic carbocycles. The molecule has 0 spiro atoms. The van der Waals surface area contributed by atoms with E-state index in [1.807, 2.05) is 6.92 Å². The molecule has 1 aliphatic rings. The molecule has 0 saturated heterocycles. The quantitative estimate of drug-likeness (QED) is 0.701. The van der Waals surface area contributed by atoms with Crippen molar-refractivity contribution in [1.29, 1.82) is 0 Å². The minimum atomic E-state index is -3.67. The number of sulfonamides is 1. The third kappa shape index (κ3) is 4.23. The van der Waals surface area contributed by atoms with Crippen LogP contribution in [0.25, 0.3) is 0 Å². The average Bonchev–Trinajstić information content (AvgIpc) is 3.10. The van der Waals surface area contributed by atoms with E-state index in [4.69, 9.17) is 0 Å². The first-order chi connectivity index (χ1) is 12.3. The van der Waals surface area contributed by atoms with Gasteiger partial charge in [0.05, 0.1) is 10.6 Å². The number of phenols is 1. The van der Waals surface area contributed by atoms with E-state index in [-0.39, 0.29) is 27.9 Å².